The molecule has 2 aliphatic heterocycles. The van der Waals surface area contributed by atoms with Gasteiger partial charge in [-0.25, -0.2) is 19.7 Å². The minimum atomic E-state index is -0.889. The van der Waals surface area contributed by atoms with Gasteiger partial charge in [0.1, 0.15) is 36.0 Å². The summed E-state index contributed by atoms with van der Waals surface area (Å²) >= 11 is 0. The van der Waals surface area contributed by atoms with E-state index in [4.69, 9.17) is 28.4 Å². The van der Waals surface area contributed by atoms with E-state index < -0.39 is 47.9 Å². The molecule has 14 heteroatoms. The van der Waals surface area contributed by atoms with E-state index in [0.717, 1.165) is 0 Å². The predicted octanol–water partition coefficient (Wildman–Crippen LogP) is 2.74. The summed E-state index contributed by atoms with van der Waals surface area (Å²) in [6.45, 7) is 9.08. The standard InChI is InChI=1S/C29H34N6O8/c1-28(2,3)43-27(37)34-24-21-25(32-14-31-24)35(15-33-21)26-23-22(41-29(4,5)42-23)19(40-26)13-30-20(36)12-11-17-9-7-8-10-18(17)39-16-38-6/h7-10,14-15,19,22-23,26H,13,16H2,1-6H3,(H,30,36)(H,31,32,34,37)/t19-,22?,23+,26-/m1/s1. The van der Waals surface area contributed by atoms with Crippen LogP contribution < -0.4 is 15.4 Å². The van der Waals surface area contributed by atoms with Crippen LogP contribution in [0.1, 0.15) is 46.4 Å². The van der Waals surface area contributed by atoms with Crippen molar-refractivity contribution in [2.75, 3.05) is 25.8 Å². The van der Waals surface area contributed by atoms with E-state index in [2.05, 4.69) is 37.4 Å². The first-order chi connectivity index (χ1) is 20.4. The second-order valence-corrected chi connectivity index (χ2v) is 11.3. The summed E-state index contributed by atoms with van der Waals surface area (Å²) in [5.41, 5.74) is 0.612. The highest BCUT2D eigenvalue weighted by Gasteiger charge is 2.56. The fraction of sp³-hybridized carbons (Fsp3) is 0.483. The molecule has 2 saturated heterocycles. The fourth-order valence-corrected chi connectivity index (χ4v) is 4.76. The Hall–Kier alpha value is -4.29. The van der Waals surface area contributed by atoms with Gasteiger partial charge >= 0.3 is 6.09 Å². The second kappa shape index (κ2) is 12.1. The molecule has 0 bridgehead atoms. The van der Waals surface area contributed by atoms with Crippen LogP contribution in [0.4, 0.5) is 10.6 Å². The number of hydrogen-bond donors (Lipinski definition) is 2. The number of anilines is 1. The maximum Gasteiger partial charge on any atom is 0.413 e. The normalized spacial score (nSPS) is 22.4. The molecule has 43 heavy (non-hydrogen) atoms. The predicted molar refractivity (Wildman–Crippen MR) is 152 cm³/mol. The molecule has 4 heterocycles. The molecule has 1 aromatic carbocycles. The molecule has 228 valence electrons. The summed E-state index contributed by atoms with van der Waals surface area (Å²) in [4.78, 5) is 38.0. The van der Waals surface area contributed by atoms with Crippen molar-refractivity contribution in [1.29, 1.82) is 0 Å². The van der Waals surface area contributed by atoms with Gasteiger partial charge in [-0.1, -0.05) is 18.1 Å². The van der Waals surface area contributed by atoms with Gasteiger partial charge in [0, 0.05) is 19.6 Å². The Balaban J connectivity index is 1.31. The Morgan fingerprint density at radius 3 is 2.65 bits per heavy atom. The van der Waals surface area contributed by atoms with Crippen molar-refractivity contribution < 1.29 is 38.0 Å². The minimum absolute atomic E-state index is 0.0614. The van der Waals surface area contributed by atoms with Crippen LogP contribution in [0.15, 0.2) is 36.9 Å². The topological polar surface area (TPSA) is 157 Å². The zero-order valence-electron chi connectivity index (χ0n) is 24.7. The Labute approximate surface area is 248 Å². The molecule has 14 nitrogen and oxygen atoms in total. The molecule has 2 aliphatic rings. The number of hydrogen-bond acceptors (Lipinski definition) is 11. The average molecular weight is 595 g/mol. The van der Waals surface area contributed by atoms with Gasteiger partial charge in [-0.2, -0.15) is 0 Å². The third kappa shape index (κ3) is 7.03. The second-order valence-electron chi connectivity index (χ2n) is 11.3. The third-order valence-corrected chi connectivity index (χ3v) is 6.37. The number of ether oxygens (including phenoxy) is 6. The molecule has 2 amide bonds. The quantitative estimate of drug-likeness (QED) is 0.306. The van der Waals surface area contributed by atoms with Crippen LogP contribution in [0.2, 0.25) is 0 Å². The van der Waals surface area contributed by atoms with Gasteiger partial charge in [0.15, 0.2) is 35.8 Å². The molecule has 0 radical (unpaired) electrons. The van der Waals surface area contributed by atoms with Crippen molar-refractivity contribution in [3.05, 3.63) is 42.5 Å². The highest BCUT2D eigenvalue weighted by Crippen LogP contribution is 2.43. The van der Waals surface area contributed by atoms with Crippen LogP contribution in [-0.2, 0) is 28.5 Å². The van der Waals surface area contributed by atoms with Gasteiger partial charge in [-0.3, -0.25) is 14.7 Å². The van der Waals surface area contributed by atoms with E-state index in [0.29, 0.717) is 22.5 Å². The van der Waals surface area contributed by atoms with Crippen LogP contribution in [0.25, 0.3) is 11.2 Å². The summed E-state index contributed by atoms with van der Waals surface area (Å²) in [6, 6.07) is 7.10. The van der Waals surface area contributed by atoms with E-state index in [-0.39, 0.29) is 19.2 Å². The van der Waals surface area contributed by atoms with Gasteiger partial charge in [0.2, 0.25) is 0 Å². The summed E-state index contributed by atoms with van der Waals surface area (Å²) in [6.07, 6.45) is -0.135. The van der Waals surface area contributed by atoms with E-state index in [9.17, 15) is 9.59 Å². The lowest BCUT2D eigenvalue weighted by Gasteiger charge is -2.24. The molecule has 4 atom stereocenters. The first-order valence-corrected chi connectivity index (χ1v) is 13.6. The number of carbonyl (C=O) groups excluding carboxylic acids is 2. The van der Waals surface area contributed by atoms with Crippen molar-refractivity contribution in [3.63, 3.8) is 0 Å². The smallest absolute Gasteiger partial charge is 0.413 e. The largest absolute Gasteiger partial charge is 0.466 e. The van der Waals surface area contributed by atoms with E-state index in [1.807, 2.05) is 13.8 Å². The number of rotatable bonds is 7. The number of benzene rings is 1. The van der Waals surface area contributed by atoms with Gasteiger partial charge in [-0.15, -0.1) is 0 Å². The first kappa shape index (κ1) is 30.2. The van der Waals surface area contributed by atoms with E-state index in [1.54, 1.807) is 49.6 Å². The van der Waals surface area contributed by atoms with Crippen LogP contribution in [0.3, 0.4) is 0 Å². The molecular formula is C29H34N6O8. The monoisotopic (exact) mass is 594 g/mol. The van der Waals surface area contributed by atoms with Crippen LogP contribution >= 0.6 is 0 Å². The highest BCUT2D eigenvalue weighted by molar-refractivity contribution is 5.94. The minimum Gasteiger partial charge on any atom is -0.466 e. The Bertz CT molecular complexity index is 1560. The molecular weight excluding hydrogens is 560 g/mol. The van der Waals surface area contributed by atoms with Crippen molar-refractivity contribution in [1.82, 2.24) is 24.8 Å². The number of methoxy groups -OCH3 is 1. The number of carbonyl (C=O) groups is 2. The van der Waals surface area contributed by atoms with Gasteiger partial charge in [0.05, 0.1) is 11.9 Å². The Morgan fingerprint density at radius 2 is 1.88 bits per heavy atom. The van der Waals surface area contributed by atoms with Crippen molar-refractivity contribution >= 4 is 29.0 Å². The van der Waals surface area contributed by atoms with Crippen LogP contribution in [0, 0.1) is 11.8 Å². The summed E-state index contributed by atoms with van der Waals surface area (Å²) in [5.74, 6) is 4.73. The van der Waals surface area contributed by atoms with Gasteiger partial charge < -0.3 is 33.7 Å². The molecule has 2 fully saturated rings. The summed E-state index contributed by atoms with van der Waals surface area (Å²) in [5, 5.41) is 5.42. The highest BCUT2D eigenvalue weighted by atomic mass is 16.8. The van der Waals surface area contributed by atoms with Crippen LogP contribution in [0.5, 0.6) is 5.75 Å². The number of fused-ring (bicyclic) bond motifs is 2. The lowest BCUT2D eigenvalue weighted by atomic mass is 10.1. The van der Waals surface area contributed by atoms with E-state index >= 15 is 0 Å². The summed E-state index contributed by atoms with van der Waals surface area (Å²) < 4.78 is 36.2. The first-order valence-electron chi connectivity index (χ1n) is 13.6. The number of amides is 2. The maximum atomic E-state index is 12.7. The van der Waals surface area contributed by atoms with Crippen LogP contribution in [-0.4, -0.2) is 81.7 Å². The number of para-hydroxylation sites is 1. The number of imidazole rings is 1. The fourth-order valence-electron chi connectivity index (χ4n) is 4.76. The maximum absolute atomic E-state index is 12.7. The molecule has 1 unspecified atom stereocenters. The van der Waals surface area contributed by atoms with Gasteiger partial charge in [-0.05, 0) is 46.8 Å². The zero-order valence-corrected chi connectivity index (χ0v) is 24.7. The molecule has 3 aromatic rings. The van der Waals surface area contributed by atoms with Crippen molar-refractivity contribution in [3.8, 4) is 17.6 Å². The third-order valence-electron chi connectivity index (χ3n) is 6.37. The molecule has 0 aliphatic carbocycles. The molecule has 5 rings (SSSR count). The number of nitrogens with one attached hydrogen (secondary N) is 2. The molecule has 0 saturated carbocycles. The van der Waals surface area contributed by atoms with Crippen molar-refractivity contribution in [2.24, 2.45) is 0 Å². The molecule has 2 aromatic heterocycles. The zero-order chi connectivity index (χ0) is 30.8. The Morgan fingerprint density at radius 1 is 1.12 bits per heavy atom. The summed E-state index contributed by atoms with van der Waals surface area (Å²) in [7, 11) is 1.52. The van der Waals surface area contributed by atoms with E-state index in [1.165, 1.54) is 19.8 Å². The Kier molecular flexibility index (Phi) is 8.52. The number of nitrogens with zero attached hydrogens (tertiary/aromatic N) is 4. The van der Waals surface area contributed by atoms with Crippen molar-refractivity contribution in [2.45, 2.75) is 70.5 Å². The molecule has 0 spiro atoms. The number of aromatic nitrogens is 4. The average Bonchev–Trinajstić information content (AvgIpc) is 3.60. The van der Waals surface area contributed by atoms with Gasteiger partial charge in [0.25, 0.3) is 5.91 Å². The lowest BCUT2D eigenvalue weighted by molar-refractivity contribution is -0.195. The SMILES string of the molecule is COCOc1ccccc1C#CC(=O)NC[C@H]1O[C@@H](n2cnc3c(NC(=O)OC(C)(C)C)ncnc32)[C@H]2OC(C)(C)OC12. The molecule has 2 N–H and O–H groups in total. The lowest BCUT2D eigenvalue weighted by Crippen LogP contribution is -2.39.